The third-order valence-electron chi connectivity index (χ3n) is 13.8. The van der Waals surface area contributed by atoms with Gasteiger partial charge in [0.2, 0.25) is 17.7 Å². The molecule has 3 N–H and O–H groups in total. The summed E-state index contributed by atoms with van der Waals surface area (Å²) >= 11 is 0. The van der Waals surface area contributed by atoms with Crippen LogP contribution in [0, 0.1) is 18.7 Å². The Morgan fingerprint density at radius 1 is 0.789 bits per heavy atom. The summed E-state index contributed by atoms with van der Waals surface area (Å²) in [5.74, 6) is -0.651. The van der Waals surface area contributed by atoms with Crippen LogP contribution in [0.1, 0.15) is 69.0 Å². The summed E-state index contributed by atoms with van der Waals surface area (Å²) in [6.07, 6.45) is 6.13. The number of benzene rings is 3. The zero-order valence-electron chi connectivity index (χ0n) is 40.3. The van der Waals surface area contributed by atoms with Gasteiger partial charge in [0.15, 0.2) is 5.69 Å². The van der Waals surface area contributed by atoms with Crippen LogP contribution in [0.2, 0.25) is 0 Å². The monoisotopic (exact) mass is 965 g/mol. The first-order valence-corrected chi connectivity index (χ1v) is 24.5. The number of anilines is 1. The Kier molecular flexibility index (Phi) is 15.3. The zero-order chi connectivity index (χ0) is 49.4. The van der Waals surface area contributed by atoms with E-state index in [0.29, 0.717) is 91.8 Å². The SMILES string of the molecule is CCc1cccc(-c2cnc(C(=O)N3CCC(CN4CCN(CC(=O)N5CCN(C(=O)c6cc(Cc7n[nH]c(=O)c8ccccc78)ccc6F)CC5)CC4)CC3)c(NC(=O)CNCc3nc(C)co3)c2)c1. The number of piperazine rings is 2. The number of amides is 4. The molecule has 0 atom stereocenters. The number of oxazole rings is 1. The summed E-state index contributed by atoms with van der Waals surface area (Å²) in [5.41, 5.74) is 5.26. The molecule has 370 valence electrons. The topological polar surface area (TPSA) is 193 Å². The number of fused-ring (bicyclic) bond motifs is 1. The van der Waals surface area contributed by atoms with Crippen LogP contribution in [-0.2, 0) is 29.0 Å². The number of pyridine rings is 1. The second-order valence-corrected chi connectivity index (χ2v) is 18.7. The van der Waals surface area contributed by atoms with Gasteiger partial charge in [-0.05, 0) is 73.1 Å². The van der Waals surface area contributed by atoms with Crippen LogP contribution in [0.4, 0.5) is 10.1 Å². The summed E-state index contributed by atoms with van der Waals surface area (Å²) < 4.78 is 20.5. The molecule has 6 heterocycles. The molecule has 0 saturated carbocycles. The first-order valence-electron chi connectivity index (χ1n) is 24.5. The van der Waals surface area contributed by atoms with Crippen molar-refractivity contribution in [2.75, 3.05) is 90.4 Å². The van der Waals surface area contributed by atoms with Crippen LogP contribution in [0.5, 0.6) is 0 Å². The first kappa shape index (κ1) is 48.9. The molecule has 0 bridgehead atoms. The van der Waals surface area contributed by atoms with Crippen LogP contribution >= 0.6 is 0 Å². The number of piperidine rings is 1. The van der Waals surface area contributed by atoms with Crippen LogP contribution in [-0.4, -0.2) is 153 Å². The van der Waals surface area contributed by atoms with Crippen molar-refractivity contribution >= 4 is 40.1 Å². The minimum absolute atomic E-state index is 0.0106. The van der Waals surface area contributed by atoms with E-state index < -0.39 is 11.7 Å². The quantitative estimate of drug-likeness (QED) is 0.128. The largest absolute Gasteiger partial charge is 0.447 e. The normalized spacial score (nSPS) is 16.1. The van der Waals surface area contributed by atoms with Gasteiger partial charge in [-0.25, -0.2) is 19.5 Å². The highest BCUT2D eigenvalue weighted by Crippen LogP contribution is 2.28. The number of aromatic amines is 1. The molecular formula is C53H60FN11O6. The van der Waals surface area contributed by atoms with Gasteiger partial charge in [-0.3, -0.25) is 34.2 Å². The van der Waals surface area contributed by atoms with E-state index in [1.54, 1.807) is 46.5 Å². The van der Waals surface area contributed by atoms with Crippen molar-refractivity contribution in [3.63, 3.8) is 0 Å². The Hall–Kier alpha value is -7.15. The van der Waals surface area contributed by atoms with Gasteiger partial charge in [-0.1, -0.05) is 55.5 Å². The van der Waals surface area contributed by atoms with Crippen molar-refractivity contribution in [2.45, 2.75) is 46.1 Å². The maximum absolute atomic E-state index is 15.1. The number of H-pyrrole nitrogens is 1. The highest BCUT2D eigenvalue weighted by Gasteiger charge is 2.31. The fourth-order valence-corrected chi connectivity index (χ4v) is 9.75. The van der Waals surface area contributed by atoms with E-state index in [2.05, 4.69) is 59.7 Å². The maximum atomic E-state index is 15.1. The highest BCUT2D eigenvalue weighted by atomic mass is 19.1. The van der Waals surface area contributed by atoms with Crippen molar-refractivity contribution < 1.29 is 28.0 Å². The number of carbonyl (C=O) groups is 4. The lowest BCUT2D eigenvalue weighted by molar-refractivity contribution is -0.134. The van der Waals surface area contributed by atoms with Gasteiger partial charge < -0.3 is 29.3 Å². The van der Waals surface area contributed by atoms with Crippen LogP contribution in [0.25, 0.3) is 21.9 Å². The lowest BCUT2D eigenvalue weighted by Crippen LogP contribution is -2.55. The van der Waals surface area contributed by atoms with Gasteiger partial charge in [-0.15, -0.1) is 0 Å². The van der Waals surface area contributed by atoms with Crippen LogP contribution in [0.3, 0.4) is 0 Å². The lowest BCUT2D eigenvalue weighted by atomic mass is 9.95. The molecule has 0 radical (unpaired) electrons. The number of likely N-dealkylation sites (tertiary alicyclic amines) is 1. The van der Waals surface area contributed by atoms with E-state index in [1.165, 1.54) is 11.6 Å². The van der Waals surface area contributed by atoms with Gasteiger partial charge >= 0.3 is 0 Å². The zero-order valence-corrected chi connectivity index (χ0v) is 40.3. The van der Waals surface area contributed by atoms with Crippen LogP contribution in [0.15, 0.2) is 94.5 Å². The number of halogens is 1. The Morgan fingerprint density at radius 3 is 2.27 bits per heavy atom. The van der Waals surface area contributed by atoms with Crippen molar-refractivity contribution in [3.05, 3.63) is 141 Å². The van der Waals surface area contributed by atoms with Gasteiger partial charge in [0.25, 0.3) is 17.4 Å². The minimum Gasteiger partial charge on any atom is -0.447 e. The van der Waals surface area contributed by atoms with Gasteiger partial charge in [-0.2, -0.15) is 5.10 Å². The molecule has 17 nitrogen and oxygen atoms in total. The molecule has 3 aliphatic rings. The second-order valence-electron chi connectivity index (χ2n) is 18.7. The molecule has 0 unspecified atom stereocenters. The number of carbonyl (C=O) groups excluding carboxylic acids is 4. The molecule has 4 amide bonds. The summed E-state index contributed by atoms with van der Waals surface area (Å²) in [6.45, 7) is 11.1. The van der Waals surface area contributed by atoms with Gasteiger partial charge in [0, 0.05) is 95.6 Å². The van der Waals surface area contributed by atoms with Crippen LogP contribution < -0.4 is 16.2 Å². The number of aryl methyl sites for hydroxylation is 2. The highest BCUT2D eigenvalue weighted by molar-refractivity contribution is 6.03. The molecule has 3 fully saturated rings. The van der Waals surface area contributed by atoms with E-state index >= 15 is 4.39 Å². The van der Waals surface area contributed by atoms with Crippen molar-refractivity contribution in [2.24, 2.45) is 5.92 Å². The predicted octanol–water partition coefficient (Wildman–Crippen LogP) is 4.76. The average molecular weight is 966 g/mol. The molecule has 18 heteroatoms. The summed E-state index contributed by atoms with van der Waals surface area (Å²) in [4.78, 5) is 85.4. The van der Waals surface area contributed by atoms with Gasteiger partial charge in [0.1, 0.15) is 12.1 Å². The lowest BCUT2D eigenvalue weighted by Gasteiger charge is -2.40. The fourth-order valence-electron chi connectivity index (χ4n) is 9.75. The smallest absolute Gasteiger partial charge is 0.274 e. The second kappa shape index (κ2) is 22.3. The van der Waals surface area contributed by atoms with E-state index in [1.807, 2.05) is 42.2 Å². The Bertz CT molecular complexity index is 2950. The number of nitrogens with zero attached hydrogens (tertiary/aromatic N) is 8. The van der Waals surface area contributed by atoms with Gasteiger partial charge in [0.05, 0.1) is 47.7 Å². The minimum atomic E-state index is -0.613. The van der Waals surface area contributed by atoms with E-state index in [0.717, 1.165) is 68.8 Å². The van der Waals surface area contributed by atoms with E-state index in [-0.39, 0.29) is 47.6 Å². The third-order valence-corrected chi connectivity index (χ3v) is 13.8. The summed E-state index contributed by atoms with van der Waals surface area (Å²) in [7, 11) is 0. The molecule has 3 aliphatic heterocycles. The Morgan fingerprint density at radius 2 is 1.52 bits per heavy atom. The predicted molar refractivity (Wildman–Crippen MR) is 266 cm³/mol. The van der Waals surface area contributed by atoms with E-state index in [4.69, 9.17) is 4.42 Å². The van der Waals surface area contributed by atoms with E-state index in [9.17, 15) is 24.0 Å². The van der Waals surface area contributed by atoms with Crippen molar-refractivity contribution in [1.82, 2.24) is 50.0 Å². The average Bonchev–Trinajstić information content (AvgIpc) is 3.82. The summed E-state index contributed by atoms with van der Waals surface area (Å²) in [5, 5.41) is 14.0. The molecular weight excluding hydrogens is 906 g/mol. The molecule has 3 aromatic heterocycles. The molecule has 3 aromatic carbocycles. The molecule has 6 aromatic rings. The van der Waals surface area contributed by atoms with Crippen molar-refractivity contribution in [3.8, 4) is 11.1 Å². The number of aromatic nitrogens is 4. The number of hydrogen-bond donors (Lipinski definition) is 3. The Balaban J connectivity index is 0.721. The number of nitrogens with one attached hydrogen (secondary N) is 3. The standard InChI is InChI=1S/C53H60FN11O6/c1-3-36-7-6-8-39(25-36)40-28-46(58-47(66)30-55-31-48-57-35(2)34-71-48)50(56-29-40)53(70)64-15-13-37(14-16-64)32-61-17-19-62(20-18-61)33-49(67)63-21-23-65(24-22-63)52(69)43-26-38(11-12-44(43)54)27-45-41-9-4-5-10-42(41)51(68)60-59-45/h4-12,25-26,28-29,34,37,55H,3,13-24,27,30-33H2,1-2H3,(H,58,66)(H,60,68). The third kappa shape index (κ3) is 11.9. The maximum Gasteiger partial charge on any atom is 0.274 e. The number of hydrogen-bond acceptors (Lipinski definition) is 12. The summed E-state index contributed by atoms with van der Waals surface area (Å²) in [6, 6.07) is 21.6. The molecule has 0 aliphatic carbocycles. The van der Waals surface area contributed by atoms with Crippen molar-refractivity contribution in [1.29, 1.82) is 0 Å². The first-order chi connectivity index (χ1) is 34.5. The molecule has 9 rings (SSSR count). The molecule has 0 spiro atoms. The number of rotatable bonds is 15. The molecule has 3 saturated heterocycles. The molecule has 71 heavy (non-hydrogen) atoms. The fraction of sp³-hybridized carbons (Fsp3) is 0.396. The Labute approximate surface area is 411 Å².